The van der Waals surface area contributed by atoms with Crippen LogP contribution in [0.2, 0.25) is 0 Å². The SMILES string of the molecule is COc1cc(OC)cc(C(=O)NC(=S)NCc2ccc(C(=O)O)cc2)c1. The Labute approximate surface area is 155 Å². The summed E-state index contributed by atoms with van der Waals surface area (Å²) in [6, 6.07) is 11.2. The molecule has 2 aromatic carbocycles. The molecule has 8 heteroatoms. The van der Waals surface area contributed by atoms with E-state index >= 15 is 0 Å². The molecule has 3 N–H and O–H groups in total. The van der Waals surface area contributed by atoms with Gasteiger partial charge in [-0.05, 0) is 42.0 Å². The Hall–Kier alpha value is -3.13. The molecule has 0 aliphatic rings. The van der Waals surface area contributed by atoms with Crippen molar-refractivity contribution in [2.45, 2.75) is 6.54 Å². The van der Waals surface area contributed by atoms with E-state index in [0.29, 0.717) is 23.6 Å². The minimum absolute atomic E-state index is 0.152. The molecule has 0 saturated carbocycles. The van der Waals surface area contributed by atoms with Crippen molar-refractivity contribution < 1.29 is 24.2 Å². The summed E-state index contributed by atoms with van der Waals surface area (Å²) < 4.78 is 10.3. The number of carbonyl (C=O) groups is 2. The van der Waals surface area contributed by atoms with Crippen LogP contribution >= 0.6 is 12.2 Å². The van der Waals surface area contributed by atoms with Crippen LogP contribution in [0.4, 0.5) is 0 Å². The topological polar surface area (TPSA) is 96.9 Å². The van der Waals surface area contributed by atoms with Gasteiger partial charge < -0.3 is 19.9 Å². The Kier molecular flexibility index (Phi) is 6.51. The average Bonchev–Trinajstić information content (AvgIpc) is 2.66. The first-order valence-electron chi connectivity index (χ1n) is 7.57. The summed E-state index contributed by atoms with van der Waals surface area (Å²) in [5, 5.41) is 14.5. The quantitative estimate of drug-likeness (QED) is 0.667. The number of rotatable bonds is 6. The summed E-state index contributed by atoms with van der Waals surface area (Å²) >= 11 is 5.12. The fraction of sp³-hybridized carbons (Fsp3) is 0.167. The van der Waals surface area contributed by atoms with Gasteiger partial charge in [0.2, 0.25) is 0 Å². The molecule has 2 rings (SSSR count). The standard InChI is InChI=1S/C18H18N2O5S/c1-24-14-7-13(8-15(9-14)25-2)16(21)20-18(26)19-10-11-3-5-12(6-4-11)17(22)23/h3-9H,10H2,1-2H3,(H,22,23)(H2,19,20,21,26). The van der Waals surface area contributed by atoms with Crippen molar-refractivity contribution in [1.29, 1.82) is 0 Å². The third-order valence-corrected chi connectivity index (χ3v) is 3.74. The zero-order chi connectivity index (χ0) is 19.1. The highest BCUT2D eigenvalue weighted by atomic mass is 32.1. The molecule has 26 heavy (non-hydrogen) atoms. The molecule has 0 aliphatic carbocycles. The lowest BCUT2D eigenvalue weighted by Gasteiger charge is -2.11. The number of aromatic carboxylic acids is 1. The van der Waals surface area contributed by atoms with Crippen molar-refractivity contribution in [2.24, 2.45) is 0 Å². The van der Waals surface area contributed by atoms with Crippen LogP contribution < -0.4 is 20.1 Å². The van der Waals surface area contributed by atoms with Gasteiger partial charge >= 0.3 is 5.97 Å². The van der Waals surface area contributed by atoms with E-state index < -0.39 is 11.9 Å². The first kappa shape index (κ1) is 19.2. The van der Waals surface area contributed by atoms with E-state index in [1.807, 2.05) is 0 Å². The second kappa shape index (κ2) is 8.82. The number of methoxy groups -OCH3 is 2. The molecule has 0 radical (unpaired) electrons. The molecule has 136 valence electrons. The van der Waals surface area contributed by atoms with Crippen molar-refractivity contribution in [3.05, 3.63) is 59.2 Å². The van der Waals surface area contributed by atoms with Crippen molar-refractivity contribution in [2.75, 3.05) is 14.2 Å². The van der Waals surface area contributed by atoms with E-state index in [0.717, 1.165) is 5.56 Å². The van der Waals surface area contributed by atoms with Crippen LogP contribution in [0.15, 0.2) is 42.5 Å². The second-order valence-electron chi connectivity index (χ2n) is 5.24. The predicted molar refractivity (Wildman–Crippen MR) is 99.9 cm³/mol. The molecule has 0 fully saturated rings. The average molecular weight is 374 g/mol. The van der Waals surface area contributed by atoms with E-state index in [-0.39, 0.29) is 10.7 Å². The van der Waals surface area contributed by atoms with Crippen LogP contribution in [0.5, 0.6) is 11.5 Å². The monoisotopic (exact) mass is 374 g/mol. The summed E-state index contributed by atoms with van der Waals surface area (Å²) in [5.41, 5.74) is 1.38. The third-order valence-electron chi connectivity index (χ3n) is 3.49. The van der Waals surface area contributed by atoms with E-state index in [4.69, 9.17) is 26.8 Å². The van der Waals surface area contributed by atoms with Gasteiger partial charge in [-0.15, -0.1) is 0 Å². The largest absolute Gasteiger partial charge is 0.497 e. The van der Waals surface area contributed by atoms with Crippen LogP contribution in [0.1, 0.15) is 26.3 Å². The van der Waals surface area contributed by atoms with Gasteiger partial charge in [-0.25, -0.2) is 4.79 Å². The maximum atomic E-state index is 12.3. The van der Waals surface area contributed by atoms with Crippen LogP contribution in [0, 0.1) is 0 Å². The molecule has 0 spiro atoms. The minimum Gasteiger partial charge on any atom is -0.497 e. The zero-order valence-electron chi connectivity index (χ0n) is 14.2. The van der Waals surface area contributed by atoms with Crippen molar-refractivity contribution in [3.8, 4) is 11.5 Å². The lowest BCUT2D eigenvalue weighted by atomic mass is 10.1. The number of thiocarbonyl (C=S) groups is 1. The molecule has 1 amide bonds. The van der Waals surface area contributed by atoms with Crippen molar-refractivity contribution in [1.82, 2.24) is 10.6 Å². The molecular formula is C18H18N2O5S. The Balaban J connectivity index is 1.94. The number of nitrogens with one attached hydrogen (secondary N) is 2. The van der Waals surface area contributed by atoms with Gasteiger partial charge in [0.1, 0.15) is 11.5 Å². The highest BCUT2D eigenvalue weighted by Gasteiger charge is 2.11. The highest BCUT2D eigenvalue weighted by Crippen LogP contribution is 2.22. The summed E-state index contributed by atoms with van der Waals surface area (Å²) in [6.07, 6.45) is 0. The van der Waals surface area contributed by atoms with Gasteiger partial charge in [0.15, 0.2) is 5.11 Å². The lowest BCUT2D eigenvalue weighted by Crippen LogP contribution is -2.38. The van der Waals surface area contributed by atoms with Crippen LogP contribution in [0.25, 0.3) is 0 Å². The fourth-order valence-corrected chi connectivity index (χ4v) is 2.27. The Bertz CT molecular complexity index is 799. The molecule has 0 aromatic heterocycles. The summed E-state index contributed by atoms with van der Waals surface area (Å²) in [6.45, 7) is 0.348. The highest BCUT2D eigenvalue weighted by molar-refractivity contribution is 7.80. The van der Waals surface area contributed by atoms with Gasteiger partial charge in [0.25, 0.3) is 5.91 Å². The predicted octanol–water partition coefficient (Wildman–Crippen LogP) is 2.21. The summed E-state index contributed by atoms with van der Waals surface area (Å²) in [4.78, 5) is 23.1. The molecule has 2 aromatic rings. The van der Waals surface area contributed by atoms with E-state index in [9.17, 15) is 9.59 Å². The zero-order valence-corrected chi connectivity index (χ0v) is 15.1. The van der Waals surface area contributed by atoms with Crippen molar-refractivity contribution >= 4 is 29.2 Å². The number of hydrogen-bond donors (Lipinski definition) is 3. The van der Waals surface area contributed by atoms with Gasteiger partial charge in [-0.3, -0.25) is 10.1 Å². The first-order valence-corrected chi connectivity index (χ1v) is 7.98. The summed E-state index contributed by atoms with van der Waals surface area (Å²) in [7, 11) is 3.00. The summed E-state index contributed by atoms with van der Waals surface area (Å²) in [5.74, 6) is -0.402. The van der Waals surface area contributed by atoms with E-state index in [1.54, 1.807) is 30.3 Å². The minimum atomic E-state index is -0.985. The number of amides is 1. The van der Waals surface area contributed by atoms with Gasteiger partial charge in [0, 0.05) is 18.2 Å². The molecule has 0 saturated heterocycles. The van der Waals surface area contributed by atoms with Crippen LogP contribution in [0.3, 0.4) is 0 Å². The number of carbonyl (C=O) groups excluding carboxylic acids is 1. The number of ether oxygens (including phenoxy) is 2. The number of carboxylic acid groups (broad SMARTS) is 1. The number of benzene rings is 2. The normalized spacial score (nSPS) is 9.92. The molecule has 0 heterocycles. The Morgan fingerprint density at radius 1 is 1.00 bits per heavy atom. The maximum absolute atomic E-state index is 12.3. The van der Waals surface area contributed by atoms with E-state index in [2.05, 4.69) is 10.6 Å². The molecule has 7 nitrogen and oxygen atoms in total. The second-order valence-corrected chi connectivity index (χ2v) is 5.65. The Morgan fingerprint density at radius 3 is 2.08 bits per heavy atom. The molecule has 0 atom stereocenters. The van der Waals surface area contributed by atoms with Crippen molar-refractivity contribution in [3.63, 3.8) is 0 Å². The fourth-order valence-electron chi connectivity index (χ4n) is 2.11. The van der Waals surface area contributed by atoms with Gasteiger partial charge in [-0.1, -0.05) is 12.1 Å². The lowest BCUT2D eigenvalue weighted by molar-refractivity contribution is 0.0696. The molecular weight excluding hydrogens is 356 g/mol. The number of hydrogen-bond acceptors (Lipinski definition) is 5. The maximum Gasteiger partial charge on any atom is 0.335 e. The Morgan fingerprint density at radius 2 is 1.58 bits per heavy atom. The molecule has 0 unspecified atom stereocenters. The van der Waals surface area contributed by atoms with Gasteiger partial charge in [0.05, 0.1) is 19.8 Å². The van der Waals surface area contributed by atoms with Gasteiger partial charge in [-0.2, -0.15) is 0 Å². The first-order chi connectivity index (χ1) is 12.4. The number of carboxylic acids is 1. The molecule has 0 bridgehead atoms. The van der Waals surface area contributed by atoms with E-state index in [1.165, 1.54) is 26.4 Å². The molecule has 0 aliphatic heterocycles. The third kappa shape index (κ3) is 5.18. The van der Waals surface area contributed by atoms with Crippen LogP contribution in [-0.4, -0.2) is 36.3 Å². The van der Waals surface area contributed by atoms with Crippen LogP contribution in [-0.2, 0) is 6.54 Å². The smallest absolute Gasteiger partial charge is 0.335 e.